The molecule has 0 aliphatic rings. The number of nitrogens with one attached hydrogen (secondary N) is 2. The molecule has 0 unspecified atom stereocenters. The van der Waals surface area contributed by atoms with E-state index < -0.39 is 0 Å². The van der Waals surface area contributed by atoms with Crippen molar-refractivity contribution in [2.24, 2.45) is 0 Å². The minimum atomic E-state index is -0.0327. The number of para-hydroxylation sites is 1. The first-order valence-electron chi connectivity index (χ1n) is 9.16. The van der Waals surface area contributed by atoms with Crippen LogP contribution in [0.3, 0.4) is 0 Å². The lowest BCUT2D eigenvalue weighted by atomic mass is 9.81. The van der Waals surface area contributed by atoms with Crippen LogP contribution in [0.25, 0.3) is 22.1 Å². The molecule has 0 atom stereocenters. The summed E-state index contributed by atoms with van der Waals surface area (Å²) in [6.45, 7) is 11.2. The minimum Gasteiger partial charge on any atom is -0.345 e. The standard InChI is InChI=1S/C22H26N4/c1-21(2,3)15-7-6-8-17-20(15)26-19(25-17)12-22(4,5)14-9-10-16-18(11-14)24-13-23-16/h6-11,13H,12H2,1-5H3,(H,23,24)(H,25,26). The Kier molecular flexibility index (Phi) is 3.69. The van der Waals surface area contributed by atoms with E-state index in [0.717, 1.165) is 34.3 Å². The fraction of sp³-hybridized carbons (Fsp3) is 0.364. The van der Waals surface area contributed by atoms with E-state index in [9.17, 15) is 0 Å². The van der Waals surface area contributed by atoms with E-state index in [2.05, 4.69) is 86.0 Å². The first kappa shape index (κ1) is 16.8. The zero-order valence-electron chi connectivity index (χ0n) is 16.1. The maximum Gasteiger partial charge on any atom is 0.108 e. The maximum absolute atomic E-state index is 4.97. The van der Waals surface area contributed by atoms with Crippen LogP contribution < -0.4 is 0 Å². The van der Waals surface area contributed by atoms with Crippen LogP contribution in [0.2, 0.25) is 0 Å². The van der Waals surface area contributed by atoms with Gasteiger partial charge in [-0.15, -0.1) is 0 Å². The predicted molar refractivity (Wildman–Crippen MR) is 108 cm³/mol. The Hall–Kier alpha value is -2.62. The quantitative estimate of drug-likeness (QED) is 0.532. The highest BCUT2D eigenvalue weighted by atomic mass is 14.9. The van der Waals surface area contributed by atoms with Crippen molar-refractivity contribution in [3.63, 3.8) is 0 Å². The number of hydrogen-bond acceptors (Lipinski definition) is 2. The summed E-state index contributed by atoms with van der Waals surface area (Å²) in [5.41, 5.74) is 6.91. The number of aromatic amines is 2. The molecule has 0 amide bonds. The van der Waals surface area contributed by atoms with E-state index in [1.807, 2.05) is 0 Å². The smallest absolute Gasteiger partial charge is 0.108 e. The molecule has 4 heteroatoms. The highest BCUT2D eigenvalue weighted by Gasteiger charge is 2.25. The summed E-state index contributed by atoms with van der Waals surface area (Å²) in [5.74, 6) is 1.03. The molecule has 4 rings (SSSR count). The topological polar surface area (TPSA) is 57.4 Å². The highest BCUT2D eigenvalue weighted by Crippen LogP contribution is 2.32. The summed E-state index contributed by atoms with van der Waals surface area (Å²) in [5, 5.41) is 0. The molecule has 0 fully saturated rings. The van der Waals surface area contributed by atoms with Crippen LogP contribution in [-0.4, -0.2) is 19.9 Å². The van der Waals surface area contributed by atoms with Crippen molar-refractivity contribution in [2.45, 2.75) is 51.9 Å². The fourth-order valence-electron chi connectivity index (χ4n) is 3.65. The molecule has 0 spiro atoms. The number of hydrogen-bond donors (Lipinski definition) is 2. The first-order chi connectivity index (χ1) is 12.2. The van der Waals surface area contributed by atoms with Gasteiger partial charge in [0, 0.05) is 6.42 Å². The van der Waals surface area contributed by atoms with Crippen LogP contribution in [0.1, 0.15) is 51.6 Å². The van der Waals surface area contributed by atoms with E-state index in [-0.39, 0.29) is 10.8 Å². The maximum atomic E-state index is 4.97. The number of rotatable bonds is 3. The van der Waals surface area contributed by atoms with Crippen LogP contribution in [0.5, 0.6) is 0 Å². The van der Waals surface area contributed by atoms with Crippen molar-refractivity contribution in [1.29, 1.82) is 0 Å². The van der Waals surface area contributed by atoms with Gasteiger partial charge < -0.3 is 9.97 Å². The Balaban J connectivity index is 1.71. The molecule has 2 heterocycles. The van der Waals surface area contributed by atoms with E-state index >= 15 is 0 Å². The van der Waals surface area contributed by atoms with Gasteiger partial charge in [0.15, 0.2) is 0 Å². The summed E-state index contributed by atoms with van der Waals surface area (Å²) in [7, 11) is 0. The average molecular weight is 346 g/mol. The lowest BCUT2D eigenvalue weighted by Crippen LogP contribution is -2.21. The lowest BCUT2D eigenvalue weighted by molar-refractivity contribution is 0.510. The van der Waals surface area contributed by atoms with Gasteiger partial charge in [0.05, 0.1) is 28.4 Å². The van der Waals surface area contributed by atoms with Crippen molar-refractivity contribution in [3.8, 4) is 0 Å². The number of imidazole rings is 2. The molecule has 4 aromatic rings. The van der Waals surface area contributed by atoms with Gasteiger partial charge in [-0.25, -0.2) is 9.97 Å². The van der Waals surface area contributed by atoms with Crippen LogP contribution >= 0.6 is 0 Å². The van der Waals surface area contributed by atoms with Gasteiger partial charge in [-0.2, -0.15) is 0 Å². The molecule has 0 saturated heterocycles. The zero-order chi connectivity index (χ0) is 18.5. The molecule has 0 radical (unpaired) electrons. The summed E-state index contributed by atoms with van der Waals surface area (Å²) >= 11 is 0. The van der Waals surface area contributed by atoms with Crippen LogP contribution in [0.4, 0.5) is 0 Å². The molecule has 0 aliphatic heterocycles. The van der Waals surface area contributed by atoms with Gasteiger partial charge in [0.1, 0.15) is 5.82 Å². The average Bonchev–Trinajstić information content (AvgIpc) is 3.17. The summed E-state index contributed by atoms with van der Waals surface area (Å²) in [6.07, 6.45) is 2.60. The molecule has 26 heavy (non-hydrogen) atoms. The number of fused-ring (bicyclic) bond motifs is 2. The van der Waals surface area contributed by atoms with Crippen LogP contribution in [0.15, 0.2) is 42.7 Å². The third kappa shape index (κ3) is 2.90. The Labute approximate surface area is 154 Å². The van der Waals surface area contributed by atoms with Crippen molar-refractivity contribution in [2.75, 3.05) is 0 Å². The van der Waals surface area contributed by atoms with Gasteiger partial charge >= 0.3 is 0 Å². The van der Waals surface area contributed by atoms with Gasteiger partial charge in [-0.3, -0.25) is 0 Å². The SMILES string of the molecule is CC(C)(C)c1cccc2[nH]c(CC(C)(C)c3ccc4nc[nH]c4c3)nc12. The Morgan fingerprint density at radius 3 is 2.54 bits per heavy atom. The number of aromatic nitrogens is 4. The fourth-order valence-corrected chi connectivity index (χ4v) is 3.65. The monoisotopic (exact) mass is 346 g/mol. The highest BCUT2D eigenvalue weighted by molar-refractivity contribution is 5.80. The third-order valence-corrected chi connectivity index (χ3v) is 5.18. The van der Waals surface area contributed by atoms with Crippen LogP contribution in [-0.2, 0) is 17.3 Å². The summed E-state index contributed by atoms with van der Waals surface area (Å²) in [6, 6.07) is 12.9. The molecular formula is C22H26N4. The summed E-state index contributed by atoms with van der Waals surface area (Å²) in [4.78, 5) is 16.0. The van der Waals surface area contributed by atoms with Gasteiger partial charge in [-0.1, -0.05) is 52.8 Å². The predicted octanol–water partition coefficient (Wildman–Crippen LogP) is 5.26. The van der Waals surface area contributed by atoms with Crippen molar-refractivity contribution in [3.05, 3.63) is 59.7 Å². The number of H-pyrrole nitrogens is 2. The Morgan fingerprint density at radius 1 is 0.962 bits per heavy atom. The normalized spacial score (nSPS) is 13.0. The second-order valence-corrected chi connectivity index (χ2v) is 8.83. The van der Waals surface area contributed by atoms with E-state index in [4.69, 9.17) is 4.98 Å². The van der Waals surface area contributed by atoms with E-state index in [0.29, 0.717) is 0 Å². The van der Waals surface area contributed by atoms with Gasteiger partial charge in [-0.05, 0) is 40.2 Å². The van der Waals surface area contributed by atoms with Crippen LogP contribution in [0, 0.1) is 0 Å². The molecule has 4 nitrogen and oxygen atoms in total. The molecule has 2 N–H and O–H groups in total. The molecule has 134 valence electrons. The molecule has 0 bridgehead atoms. The minimum absolute atomic E-state index is 0.0327. The van der Waals surface area contributed by atoms with Crippen molar-refractivity contribution in [1.82, 2.24) is 19.9 Å². The number of benzene rings is 2. The molecular weight excluding hydrogens is 320 g/mol. The zero-order valence-corrected chi connectivity index (χ0v) is 16.1. The summed E-state index contributed by atoms with van der Waals surface area (Å²) < 4.78 is 0. The molecule has 2 aromatic carbocycles. The van der Waals surface area contributed by atoms with Gasteiger partial charge in [0.25, 0.3) is 0 Å². The first-order valence-corrected chi connectivity index (χ1v) is 9.16. The Bertz CT molecular complexity index is 1080. The lowest BCUT2D eigenvalue weighted by Gasteiger charge is -2.24. The number of nitrogens with zero attached hydrogens (tertiary/aromatic N) is 2. The molecule has 0 saturated carbocycles. The van der Waals surface area contributed by atoms with Gasteiger partial charge in [0.2, 0.25) is 0 Å². The second kappa shape index (κ2) is 5.70. The van der Waals surface area contributed by atoms with Crippen molar-refractivity contribution < 1.29 is 0 Å². The molecule has 0 aliphatic carbocycles. The van der Waals surface area contributed by atoms with E-state index in [1.54, 1.807) is 6.33 Å². The van der Waals surface area contributed by atoms with Crippen molar-refractivity contribution >= 4 is 22.1 Å². The molecule has 2 aromatic heterocycles. The largest absolute Gasteiger partial charge is 0.345 e. The van der Waals surface area contributed by atoms with E-state index in [1.165, 1.54) is 11.1 Å². The second-order valence-electron chi connectivity index (χ2n) is 8.83. The third-order valence-electron chi connectivity index (χ3n) is 5.18. The Morgan fingerprint density at radius 2 is 1.77 bits per heavy atom.